The Labute approximate surface area is 195 Å². The van der Waals surface area contributed by atoms with E-state index in [1.807, 2.05) is 12.2 Å². The molecule has 2 aliphatic heterocycles. The lowest BCUT2D eigenvalue weighted by molar-refractivity contribution is -0.139. The number of amides is 3. The number of hydrogen-bond donors (Lipinski definition) is 0. The van der Waals surface area contributed by atoms with E-state index in [4.69, 9.17) is 16.3 Å². The van der Waals surface area contributed by atoms with Crippen LogP contribution in [-0.4, -0.2) is 30.2 Å². The van der Waals surface area contributed by atoms with Gasteiger partial charge in [0.25, 0.3) is 0 Å². The Bertz CT molecular complexity index is 1150. The molecule has 0 unspecified atom stereocenters. The van der Waals surface area contributed by atoms with Gasteiger partial charge < -0.3 is 9.64 Å². The number of allylic oxidation sites excluding steroid dienone is 2. The maximum atomic E-state index is 12.7. The van der Waals surface area contributed by atoms with Crippen LogP contribution in [0.3, 0.4) is 0 Å². The van der Waals surface area contributed by atoms with E-state index >= 15 is 0 Å². The summed E-state index contributed by atoms with van der Waals surface area (Å²) in [6.07, 6.45) is 5.10. The van der Waals surface area contributed by atoms with E-state index in [0.717, 1.165) is 0 Å². The maximum absolute atomic E-state index is 12.7. The molecule has 33 heavy (non-hydrogen) atoms. The minimum Gasteiger partial charge on any atom is -0.426 e. The first-order valence-corrected chi connectivity index (χ1v) is 11.2. The highest BCUT2D eigenvalue weighted by Gasteiger charge is 2.47. The lowest BCUT2D eigenvalue weighted by atomic mass is 9.85. The Morgan fingerprint density at radius 2 is 1.58 bits per heavy atom. The smallest absolute Gasteiger partial charge is 0.316 e. The van der Waals surface area contributed by atoms with Gasteiger partial charge in [0.15, 0.2) is 0 Å². The van der Waals surface area contributed by atoms with Crippen LogP contribution >= 0.6 is 11.6 Å². The second kappa shape index (κ2) is 8.48. The third kappa shape index (κ3) is 3.93. The van der Waals surface area contributed by atoms with Gasteiger partial charge in [-0.2, -0.15) is 0 Å². The Hall–Kier alpha value is -3.45. The predicted molar refractivity (Wildman–Crippen MR) is 122 cm³/mol. The van der Waals surface area contributed by atoms with Gasteiger partial charge in [0.05, 0.1) is 23.4 Å². The number of fused-ring (bicyclic) bond motifs is 1. The van der Waals surface area contributed by atoms with Crippen LogP contribution in [0.4, 0.5) is 11.4 Å². The van der Waals surface area contributed by atoms with Crippen molar-refractivity contribution < 1.29 is 23.9 Å². The first-order valence-electron chi connectivity index (χ1n) is 10.8. The van der Waals surface area contributed by atoms with Crippen molar-refractivity contribution in [1.82, 2.24) is 0 Å². The molecule has 7 nitrogen and oxygen atoms in total. The quantitative estimate of drug-likeness (QED) is 0.298. The van der Waals surface area contributed by atoms with Gasteiger partial charge in [-0.15, -0.1) is 0 Å². The van der Waals surface area contributed by atoms with E-state index in [2.05, 4.69) is 0 Å². The lowest BCUT2D eigenvalue weighted by Crippen LogP contribution is -2.30. The van der Waals surface area contributed by atoms with E-state index in [9.17, 15) is 19.2 Å². The zero-order chi connectivity index (χ0) is 23.1. The number of carbonyl (C=O) groups excluding carboxylic acids is 4. The molecule has 0 N–H and O–H groups in total. The molecule has 8 heteroatoms. The van der Waals surface area contributed by atoms with Crippen LogP contribution in [0.15, 0.2) is 60.7 Å². The fraction of sp³-hybridized carbons (Fsp3) is 0.280. The number of anilines is 2. The zero-order valence-corrected chi connectivity index (χ0v) is 18.4. The maximum Gasteiger partial charge on any atom is 0.316 e. The van der Waals surface area contributed by atoms with Crippen LogP contribution in [-0.2, 0) is 19.2 Å². The average Bonchev–Trinajstić information content (AvgIpc) is 3.32. The molecular formula is C25H21ClN2O5. The van der Waals surface area contributed by atoms with Gasteiger partial charge >= 0.3 is 5.97 Å². The third-order valence-corrected chi connectivity index (χ3v) is 6.63. The number of esters is 1. The molecule has 3 aliphatic rings. The predicted octanol–water partition coefficient (Wildman–Crippen LogP) is 3.75. The molecule has 2 fully saturated rings. The third-order valence-electron chi connectivity index (χ3n) is 6.40. The molecule has 2 saturated heterocycles. The van der Waals surface area contributed by atoms with Gasteiger partial charge in [-0.25, -0.2) is 0 Å². The SMILES string of the molecule is O=C(Oc1ccc(N2C(=O)[C@H]3CC=CC[C@H]3C2=O)cc1)[C@@H]1CC(=O)N(c2cccc(Cl)c2)C1. The number of carbonyl (C=O) groups is 4. The van der Waals surface area contributed by atoms with Crippen molar-refractivity contribution in [3.63, 3.8) is 0 Å². The van der Waals surface area contributed by atoms with Crippen molar-refractivity contribution in [2.24, 2.45) is 17.8 Å². The largest absolute Gasteiger partial charge is 0.426 e. The summed E-state index contributed by atoms with van der Waals surface area (Å²) in [5.41, 5.74) is 1.10. The summed E-state index contributed by atoms with van der Waals surface area (Å²) in [6.45, 7) is 0.212. The Kier molecular flexibility index (Phi) is 5.50. The van der Waals surface area contributed by atoms with Crippen LogP contribution < -0.4 is 14.5 Å². The number of rotatable bonds is 4. The number of halogens is 1. The van der Waals surface area contributed by atoms with Crippen LogP contribution in [0.2, 0.25) is 5.02 Å². The molecule has 0 radical (unpaired) electrons. The lowest BCUT2D eigenvalue weighted by Gasteiger charge is -2.17. The summed E-state index contributed by atoms with van der Waals surface area (Å²) in [7, 11) is 0. The van der Waals surface area contributed by atoms with Crippen molar-refractivity contribution >= 4 is 46.7 Å². The fourth-order valence-corrected chi connectivity index (χ4v) is 4.86. The monoisotopic (exact) mass is 464 g/mol. The van der Waals surface area contributed by atoms with Crippen molar-refractivity contribution in [3.05, 3.63) is 65.7 Å². The molecule has 1 aliphatic carbocycles. The molecule has 0 bridgehead atoms. The second-order valence-electron chi connectivity index (χ2n) is 8.47. The van der Waals surface area contributed by atoms with Gasteiger partial charge in [0.2, 0.25) is 17.7 Å². The van der Waals surface area contributed by atoms with Crippen LogP contribution in [0, 0.1) is 17.8 Å². The van der Waals surface area contributed by atoms with E-state index in [1.54, 1.807) is 48.5 Å². The summed E-state index contributed by atoms with van der Waals surface area (Å²) < 4.78 is 5.48. The summed E-state index contributed by atoms with van der Waals surface area (Å²) in [6, 6.07) is 13.2. The van der Waals surface area contributed by atoms with Gasteiger partial charge in [0, 0.05) is 23.7 Å². The van der Waals surface area contributed by atoms with Crippen LogP contribution in [0.5, 0.6) is 5.75 Å². The topological polar surface area (TPSA) is 84.0 Å². The van der Waals surface area contributed by atoms with Gasteiger partial charge in [-0.05, 0) is 55.3 Å². The molecule has 0 aromatic heterocycles. The van der Waals surface area contributed by atoms with Crippen LogP contribution in [0.1, 0.15) is 19.3 Å². The first kappa shape index (κ1) is 21.4. The molecule has 2 aromatic rings. The highest BCUT2D eigenvalue weighted by molar-refractivity contribution is 6.31. The first-order chi connectivity index (χ1) is 15.9. The minimum atomic E-state index is -0.603. The standard InChI is InChI=1S/C25H21ClN2O5/c26-16-4-3-5-18(13-16)27-14-15(12-22(27)29)25(32)33-19-10-8-17(9-11-19)28-23(30)20-6-1-2-7-21(20)24(28)31/h1-5,8-11,13,15,20-21H,6-7,12,14H2/t15-,20-,21+/m1/s1. The molecule has 0 spiro atoms. The normalized spacial score (nSPS) is 24.4. The van der Waals surface area contributed by atoms with E-state index in [1.165, 1.54) is 9.80 Å². The summed E-state index contributed by atoms with van der Waals surface area (Å²) >= 11 is 6.01. The van der Waals surface area contributed by atoms with Gasteiger partial charge in [-0.1, -0.05) is 29.8 Å². The fourth-order valence-electron chi connectivity index (χ4n) is 4.68. The molecule has 168 valence electrons. The average molecular weight is 465 g/mol. The number of benzene rings is 2. The Morgan fingerprint density at radius 3 is 2.21 bits per heavy atom. The van der Waals surface area contributed by atoms with Gasteiger partial charge in [-0.3, -0.25) is 24.1 Å². The molecule has 2 heterocycles. The number of hydrogen-bond acceptors (Lipinski definition) is 5. The van der Waals surface area contributed by atoms with E-state index in [0.29, 0.717) is 29.2 Å². The molecule has 3 amide bonds. The van der Waals surface area contributed by atoms with Crippen molar-refractivity contribution in [2.75, 3.05) is 16.3 Å². The highest BCUT2D eigenvalue weighted by Crippen LogP contribution is 2.38. The zero-order valence-electron chi connectivity index (χ0n) is 17.6. The summed E-state index contributed by atoms with van der Waals surface area (Å²) in [4.78, 5) is 53.3. The second-order valence-corrected chi connectivity index (χ2v) is 8.90. The highest BCUT2D eigenvalue weighted by atomic mass is 35.5. The number of ether oxygens (including phenoxy) is 1. The van der Waals surface area contributed by atoms with Gasteiger partial charge in [0.1, 0.15) is 5.75 Å². The number of nitrogens with zero attached hydrogens (tertiary/aromatic N) is 2. The van der Waals surface area contributed by atoms with Crippen molar-refractivity contribution in [2.45, 2.75) is 19.3 Å². The Balaban J connectivity index is 1.24. The molecule has 5 rings (SSSR count). The van der Waals surface area contributed by atoms with Crippen molar-refractivity contribution in [1.29, 1.82) is 0 Å². The van der Waals surface area contributed by atoms with E-state index < -0.39 is 11.9 Å². The number of imide groups is 1. The minimum absolute atomic E-state index is 0.0526. The molecule has 2 aromatic carbocycles. The molecule has 3 atom stereocenters. The summed E-state index contributed by atoms with van der Waals surface area (Å²) in [5.74, 6) is -1.98. The molecule has 0 saturated carbocycles. The summed E-state index contributed by atoms with van der Waals surface area (Å²) in [5, 5.41) is 0.511. The Morgan fingerprint density at radius 1 is 0.909 bits per heavy atom. The van der Waals surface area contributed by atoms with E-state index in [-0.39, 0.29) is 48.3 Å². The van der Waals surface area contributed by atoms with Crippen LogP contribution in [0.25, 0.3) is 0 Å². The molecular weight excluding hydrogens is 444 g/mol. The van der Waals surface area contributed by atoms with Crippen molar-refractivity contribution in [3.8, 4) is 5.75 Å².